The molecule has 1 aromatic heterocycles. The third-order valence-corrected chi connectivity index (χ3v) is 2.34. The lowest BCUT2D eigenvalue weighted by atomic mass is 10.2. The Balaban J connectivity index is 2.37. The lowest BCUT2D eigenvalue weighted by molar-refractivity contribution is 1.18. The quantitative estimate of drug-likeness (QED) is 0.807. The average Bonchev–Trinajstić information content (AvgIpc) is 2.30. The molecule has 0 aliphatic heterocycles. The predicted molar refractivity (Wildman–Crippen MR) is 63.2 cm³/mol. The van der Waals surface area contributed by atoms with Crippen LogP contribution < -0.4 is 10.6 Å². The Morgan fingerprint density at radius 3 is 2.53 bits per heavy atom. The summed E-state index contributed by atoms with van der Waals surface area (Å²) in [6, 6.07) is 11.9. The second kappa shape index (κ2) is 4.00. The first-order chi connectivity index (χ1) is 7.29. The molecule has 15 heavy (non-hydrogen) atoms. The number of nitrogen functional groups attached to an aromatic ring is 1. The Bertz CT molecular complexity index is 440. The van der Waals surface area contributed by atoms with E-state index in [2.05, 4.69) is 4.98 Å². The fraction of sp³-hybridized carbons (Fsp3) is 0.0833. The SMILES string of the molecule is CN(c1ccccc1)c1cnccc1N. The van der Waals surface area contributed by atoms with E-state index in [0.29, 0.717) is 0 Å². The van der Waals surface area contributed by atoms with Crippen molar-refractivity contribution in [2.24, 2.45) is 0 Å². The summed E-state index contributed by atoms with van der Waals surface area (Å²) in [7, 11) is 1.97. The second-order valence-electron chi connectivity index (χ2n) is 3.33. The Morgan fingerprint density at radius 1 is 1.13 bits per heavy atom. The zero-order valence-corrected chi connectivity index (χ0v) is 8.59. The maximum absolute atomic E-state index is 5.88. The van der Waals surface area contributed by atoms with Crippen molar-refractivity contribution in [2.75, 3.05) is 17.7 Å². The maximum atomic E-state index is 5.88. The molecule has 3 nitrogen and oxygen atoms in total. The Kier molecular flexibility index (Phi) is 2.54. The maximum Gasteiger partial charge on any atom is 0.0828 e. The highest BCUT2D eigenvalue weighted by Gasteiger charge is 2.05. The van der Waals surface area contributed by atoms with Crippen LogP contribution in [0.5, 0.6) is 0 Å². The minimum Gasteiger partial charge on any atom is -0.397 e. The van der Waals surface area contributed by atoms with E-state index in [0.717, 1.165) is 17.1 Å². The number of nitrogens with two attached hydrogens (primary N) is 1. The van der Waals surface area contributed by atoms with Crippen LogP contribution in [0, 0.1) is 0 Å². The number of para-hydroxylation sites is 1. The molecule has 2 N–H and O–H groups in total. The van der Waals surface area contributed by atoms with Gasteiger partial charge in [0.25, 0.3) is 0 Å². The van der Waals surface area contributed by atoms with Gasteiger partial charge in [-0.15, -0.1) is 0 Å². The molecule has 0 atom stereocenters. The third kappa shape index (κ3) is 1.91. The van der Waals surface area contributed by atoms with Gasteiger partial charge in [-0.3, -0.25) is 4.98 Å². The van der Waals surface area contributed by atoms with Crippen molar-refractivity contribution in [1.29, 1.82) is 0 Å². The summed E-state index contributed by atoms with van der Waals surface area (Å²) in [5, 5.41) is 0. The second-order valence-corrected chi connectivity index (χ2v) is 3.33. The first-order valence-electron chi connectivity index (χ1n) is 4.77. The standard InChI is InChI=1S/C12H13N3/c1-15(10-5-3-2-4-6-10)12-9-14-8-7-11(12)13/h2-9H,1H3,(H2,13,14). The highest BCUT2D eigenvalue weighted by molar-refractivity contribution is 5.73. The van der Waals surface area contributed by atoms with Gasteiger partial charge >= 0.3 is 0 Å². The number of nitrogens with zero attached hydrogens (tertiary/aromatic N) is 2. The predicted octanol–water partition coefficient (Wildman–Crippen LogP) is 2.43. The van der Waals surface area contributed by atoms with E-state index in [-0.39, 0.29) is 0 Å². The van der Waals surface area contributed by atoms with Gasteiger partial charge in [-0.05, 0) is 18.2 Å². The van der Waals surface area contributed by atoms with Gasteiger partial charge in [-0.2, -0.15) is 0 Å². The Hall–Kier alpha value is -2.03. The Morgan fingerprint density at radius 2 is 1.87 bits per heavy atom. The minimum absolute atomic E-state index is 0.733. The average molecular weight is 199 g/mol. The third-order valence-electron chi connectivity index (χ3n) is 2.34. The van der Waals surface area contributed by atoms with Gasteiger partial charge in [0.1, 0.15) is 0 Å². The van der Waals surface area contributed by atoms with Crippen LogP contribution in [0.1, 0.15) is 0 Å². The smallest absolute Gasteiger partial charge is 0.0828 e. The molecule has 0 aliphatic carbocycles. The number of aromatic nitrogens is 1. The summed E-state index contributed by atoms with van der Waals surface area (Å²) in [4.78, 5) is 6.09. The first kappa shape index (κ1) is 9.52. The number of pyridine rings is 1. The van der Waals surface area contributed by atoms with Gasteiger partial charge in [-0.25, -0.2) is 0 Å². The van der Waals surface area contributed by atoms with Crippen LogP contribution >= 0.6 is 0 Å². The van der Waals surface area contributed by atoms with Gasteiger partial charge in [0.2, 0.25) is 0 Å². The lowest BCUT2D eigenvalue weighted by Gasteiger charge is -2.20. The number of hydrogen-bond acceptors (Lipinski definition) is 3. The summed E-state index contributed by atoms with van der Waals surface area (Å²) >= 11 is 0. The van der Waals surface area contributed by atoms with E-state index in [9.17, 15) is 0 Å². The zero-order valence-electron chi connectivity index (χ0n) is 8.59. The molecule has 0 unspecified atom stereocenters. The molecule has 0 aliphatic rings. The monoisotopic (exact) mass is 199 g/mol. The van der Waals surface area contributed by atoms with Crippen LogP contribution in [0.2, 0.25) is 0 Å². The molecule has 0 fully saturated rings. The lowest BCUT2D eigenvalue weighted by Crippen LogP contribution is -2.11. The number of hydrogen-bond donors (Lipinski definition) is 1. The van der Waals surface area contributed by atoms with Gasteiger partial charge in [0.05, 0.1) is 17.6 Å². The summed E-state index contributed by atoms with van der Waals surface area (Å²) in [6.07, 6.45) is 3.46. The molecule has 0 saturated carbocycles. The molecule has 0 spiro atoms. The van der Waals surface area contributed by atoms with Crippen molar-refractivity contribution in [1.82, 2.24) is 4.98 Å². The zero-order chi connectivity index (χ0) is 10.7. The number of anilines is 3. The van der Waals surface area contributed by atoms with E-state index >= 15 is 0 Å². The summed E-state index contributed by atoms with van der Waals surface area (Å²) in [5.41, 5.74) is 8.62. The molecule has 0 saturated heterocycles. The molecule has 1 heterocycles. The molecule has 76 valence electrons. The summed E-state index contributed by atoms with van der Waals surface area (Å²) in [5.74, 6) is 0. The van der Waals surface area contributed by atoms with Crippen molar-refractivity contribution in [3.8, 4) is 0 Å². The molecule has 2 rings (SSSR count). The van der Waals surface area contributed by atoms with Crippen LogP contribution in [-0.2, 0) is 0 Å². The minimum atomic E-state index is 0.733. The van der Waals surface area contributed by atoms with E-state index in [4.69, 9.17) is 5.73 Å². The van der Waals surface area contributed by atoms with Gasteiger partial charge in [-0.1, -0.05) is 18.2 Å². The van der Waals surface area contributed by atoms with Gasteiger partial charge < -0.3 is 10.6 Å². The van der Waals surface area contributed by atoms with E-state index < -0.39 is 0 Å². The van der Waals surface area contributed by atoms with E-state index in [1.807, 2.05) is 42.3 Å². The van der Waals surface area contributed by atoms with Crippen LogP contribution in [0.3, 0.4) is 0 Å². The molecule has 0 radical (unpaired) electrons. The van der Waals surface area contributed by atoms with E-state index in [1.54, 1.807) is 18.5 Å². The largest absolute Gasteiger partial charge is 0.397 e. The Labute approximate surface area is 89.2 Å². The molecule has 3 heteroatoms. The summed E-state index contributed by atoms with van der Waals surface area (Å²) < 4.78 is 0. The molecule has 0 bridgehead atoms. The van der Waals surface area contributed by atoms with Crippen molar-refractivity contribution in [3.63, 3.8) is 0 Å². The molecule has 0 amide bonds. The summed E-state index contributed by atoms with van der Waals surface area (Å²) in [6.45, 7) is 0. The first-order valence-corrected chi connectivity index (χ1v) is 4.77. The number of benzene rings is 1. The van der Waals surface area contributed by atoms with Crippen molar-refractivity contribution in [2.45, 2.75) is 0 Å². The fourth-order valence-electron chi connectivity index (χ4n) is 1.47. The topological polar surface area (TPSA) is 42.2 Å². The van der Waals surface area contributed by atoms with Crippen LogP contribution in [-0.4, -0.2) is 12.0 Å². The van der Waals surface area contributed by atoms with Crippen molar-refractivity contribution >= 4 is 17.1 Å². The molecule has 1 aromatic carbocycles. The van der Waals surface area contributed by atoms with Crippen LogP contribution in [0.4, 0.5) is 17.1 Å². The number of rotatable bonds is 2. The van der Waals surface area contributed by atoms with E-state index in [1.165, 1.54) is 0 Å². The van der Waals surface area contributed by atoms with Gasteiger partial charge in [0, 0.05) is 18.9 Å². The van der Waals surface area contributed by atoms with Crippen LogP contribution in [0.15, 0.2) is 48.8 Å². The molecular weight excluding hydrogens is 186 g/mol. The van der Waals surface area contributed by atoms with Crippen LogP contribution in [0.25, 0.3) is 0 Å². The highest BCUT2D eigenvalue weighted by Crippen LogP contribution is 2.26. The highest BCUT2D eigenvalue weighted by atomic mass is 15.1. The van der Waals surface area contributed by atoms with Gasteiger partial charge in [0.15, 0.2) is 0 Å². The normalized spacial score (nSPS) is 9.93. The van der Waals surface area contributed by atoms with Crippen molar-refractivity contribution in [3.05, 3.63) is 48.8 Å². The molecule has 2 aromatic rings. The van der Waals surface area contributed by atoms with Crippen molar-refractivity contribution < 1.29 is 0 Å². The molecular formula is C12H13N3. The fourth-order valence-corrected chi connectivity index (χ4v) is 1.47.